The van der Waals surface area contributed by atoms with Gasteiger partial charge in [0.15, 0.2) is 15.6 Å². The fraction of sp³-hybridized carbons (Fsp3) is 0.263. The minimum atomic E-state index is -3.27. The van der Waals surface area contributed by atoms with Crippen molar-refractivity contribution in [2.45, 2.75) is 18.5 Å². The molecule has 2 aromatic rings. The van der Waals surface area contributed by atoms with Gasteiger partial charge in [-0.1, -0.05) is 29.8 Å². The van der Waals surface area contributed by atoms with Gasteiger partial charge < -0.3 is 10.0 Å². The molecule has 1 fully saturated rings. The van der Waals surface area contributed by atoms with Crippen molar-refractivity contribution in [2.24, 2.45) is 0 Å². The third-order valence-corrected chi connectivity index (χ3v) is 7.89. The molecule has 6 nitrogen and oxygen atoms in total. The topological polar surface area (TPSA) is 91.8 Å². The second kappa shape index (κ2) is 7.02. The highest BCUT2D eigenvalue weighted by Gasteiger charge is 2.49. The third kappa shape index (κ3) is 3.25. The second-order valence-electron chi connectivity index (χ2n) is 6.79. The van der Waals surface area contributed by atoms with Gasteiger partial charge in [-0.15, -0.1) is 11.3 Å². The number of rotatable bonds is 4. The van der Waals surface area contributed by atoms with Gasteiger partial charge in [0, 0.05) is 11.1 Å². The van der Waals surface area contributed by atoms with E-state index in [0.29, 0.717) is 15.5 Å². The number of thiophene rings is 1. The molecule has 0 radical (unpaired) electrons. The van der Waals surface area contributed by atoms with E-state index in [9.17, 15) is 23.1 Å². The predicted octanol–water partition coefficient (Wildman–Crippen LogP) is 3.17. The molecule has 1 aromatic carbocycles. The molecule has 2 aliphatic heterocycles. The molecule has 0 unspecified atom stereocenters. The van der Waals surface area contributed by atoms with Crippen molar-refractivity contribution in [1.82, 2.24) is 4.90 Å². The Hall–Kier alpha value is -2.16. The lowest BCUT2D eigenvalue weighted by molar-refractivity contribution is -0.131. The van der Waals surface area contributed by atoms with Gasteiger partial charge in [-0.2, -0.15) is 0 Å². The quantitative estimate of drug-likeness (QED) is 0.742. The number of aliphatic hydroxyl groups is 1. The average molecular weight is 438 g/mol. The first-order chi connectivity index (χ1) is 13.3. The molecule has 146 valence electrons. The van der Waals surface area contributed by atoms with Crippen molar-refractivity contribution < 1.29 is 23.1 Å². The summed E-state index contributed by atoms with van der Waals surface area (Å²) in [5.41, 5.74) is 0.560. The van der Waals surface area contributed by atoms with Crippen molar-refractivity contribution in [2.75, 3.05) is 11.5 Å². The fourth-order valence-electron chi connectivity index (χ4n) is 3.74. The highest BCUT2D eigenvalue weighted by molar-refractivity contribution is 7.91. The van der Waals surface area contributed by atoms with Crippen LogP contribution in [0.5, 0.6) is 0 Å². The van der Waals surface area contributed by atoms with Crippen LogP contribution in [-0.4, -0.2) is 47.7 Å². The Kier molecular flexibility index (Phi) is 4.81. The van der Waals surface area contributed by atoms with Gasteiger partial charge in [0.05, 0.1) is 28.0 Å². The smallest absolute Gasteiger partial charge is 0.290 e. The van der Waals surface area contributed by atoms with Gasteiger partial charge in [0.2, 0.25) is 5.78 Å². The molecule has 9 heteroatoms. The summed E-state index contributed by atoms with van der Waals surface area (Å²) in [6, 6.07) is 8.49. The molecule has 1 saturated heterocycles. The van der Waals surface area contributed by atoms with Crippen molar-refractivity contribution in [3.05, 3.63) is 68.6 Å². The Bertz CT molecular complexity index is 1070. The van der Waals surface area contributed by atoms with Crippen LogP contribution < -0.4 is 0 Å². The summed E-state index contributed by atoms with van der Waals surface area (Å²) in [5, 5.41) is 12.8. The predicted molar refractivity (Wildman–Crippen MR) is 106 cm³/mol. The van der Waals surface area contributed by atoms with Crippen LogP contribution in [0, 0.1) is 0 Å². The van der Waals surface area contributed by atoms with Crippen molar-refractivity contribution in [3.63, 3.8) is 0 Å². The molecule has 3 heterocycles. The first-order valence-electron chi connectivity index (χ1n) is 8.58. The number of carbonyl (C=O) groups is 2. The van der Waals surface area contributed by atoms with Crippen LogP contribution in [0.1, 0.15) is 27.7 Å². The first-order valence-corrected chi connectivity index (χ1v) is 11.7. The number of amides is 1. The summed E-state index contributed by atoms with van der Waals surface area (Å²) in [6.07, 6.45) is 0.270. The van der Waals surface area contributed by atoms with Crippen LogP contribution in [0.3, 0.4) is 0 Å². The van der Waals surface area contributed by atoms with Gasteiger partial charge in [-0.05, 0) is 35.6 Å². The molecule has 1 N–H and O–H groups in total. The SMILES string of the molecule is O=C(C1=C(O)C(=O)N([C@H]2CCS(=O)(=O)C2)[C@@H]1c1ccc(Cl)cc1)c1cccs1. The summed E-state index contributed by atoms with van der Waals surface area (Å²) >= 11 is 7.18. The lowest BCUT2D eigenvalue weighted by Crippen LogP contribution is -2.41. The molecular weight excluding hydrogens is 422 g/mol. The van der Waals surface area contributed by atoms with E-state index in [-0.39, 0.29) is 23.5 Å². The Morgan fingerprint density at radius 1 is 1.21 bits per heavy atom. The van der Waals surface area contributed by atoms with Crippen LogP contribution in [0.4, 0.5) is 0 Å². The Morgan fingerprint density at radius 3 is 2.50 bits per heavy atom. The lowest BCUT2D eigenvalue weighted by atomic mass is 9.94. The molecule has 1 amide bonds. The van der Waals surface area contributed by atoms with Crippen LogP contribution in [0.25, 0.3) is 0 Å². The minimum absolute atomic E-state index is 0.0241. The van der Waals surface area contributed by atoms with Crippen LogP contribution in [0.15, 0.2) is 53.1 Å². The molecule has 2 atom stereocenters. The lowest BCUT2D eigenvalue weighted by Gasteiger charge is -2.31. The molecule has 28 heavy (non-hydrogen) atoms. The van der Waals surface area contributed by atoms with Crippen LogP contribution in [-0.2, 0) is 14.6 Å². The monoisotopic (exact) mass is 437 g/mol. The number of sulfone groups is 1. The number of hydrogen-bond acceptors (Lipinski definition) is 6. The molecule has 1 aromatic heterocycles. The van der Waals surface area contributed by atoms with Gasteiger partial charge in [-0.3, -0.25) is 9.59 Å². The van der Waals surface area contributed by atoms with E-state index in [1.54, 1.807) is 41.8 Å². The Balaban J connectivity index is 1.82. The minimum Gasteiger partial charge on any atom is -0.503 e. The van der Waals surface area contributed by atoms with Gasteiger partial charge >= 0.3 is 0 Å². The van der Waals surface area contributed by atoms with E-state index in [1.807, 2.05) is 0 Å². The van der Waals surface area contributed by atoms with E-state index in [0.717, 1.165) is 0 Å². The Morgan fingerprint density at radius 2 is 1.93 bits per heavy atom. The molecule has 0 spiro atoms. The van der Waals surface area contributed by atoms with Crippen molar-refractivity contribution in [3.8, 4) is 0 Å². The summed E-state index contributed by atoms with van der Waals surface area (Å²) in [7, 11) is -3.27. The zero-order valence-corrected chi connectivity index (χ0v) is 16.9. The van der Waals surface area contributed by atoms with E-state index >= 15 is 0 Å². The molecule has 2 aliphatic rings. The van der Waals surface area contributed by atoms with E-state index < -0.39 is 39.4 Å². The third-order valence-electron chi connectivity index (χ3n) is 5.02. The maximum atomic E-state index is 13.1. The first kappa shape index (κ1) is 19.2. The molecule has 0 saturated carbocycles. The number of aliphatic hydroxyl groups excluding tert-OH is 1. The van der Waals surface area contributed by atoms with Crippen molar-refractivity contribution in [1.29, 1.82) is 0 Å². The summed E-state index contributed by atoms with van der Waals surface area (Å²) < 4.78 is 24.0. The zero-order valence-electron chi connectivity index (χ0n) is 14.5. The van der Waals surface area contributed by atoms with Crippen molar-refractivity contribution >= 4 is 44.5 Å². The van der Waals surface area contributed by atoms with Crippen LogP contribution in [0.2, 0.25) is 5.02 Å². The number of benzene rings is 1. The number of nitrogens with zero attached hydrogens (tertiary/aromatic N) is 1. The number of carbonyl (C=O) groups excluding carboxylic acids is 2. The molecule has 4 rings (SSSR count). The zero-order chi connectivity index (χ0) is 20.1. The number of Topliss-reactive ketones (excluding diaryl/α,β-unsaturated/α-hetero) is 1. The fourth-order valence-corrected chi connectivity index (χ4v) is 6.25. The van der Waals surface area contributed by atoms with E-state index in [1.165, 1.54) is 16.2 Å². The highest BCUT2D eigenvalue weighted by atomic mass is 35.5. The standard InChI is InChI=1S/C19H16ClNO5S2/c20-12-5-3-11(4-6-12)16-15(17(22)14-2-1-8-27-14)18(23)19(24)21(16)13-7-9-28(25,26)10-13/h1-6,8,13,16,23H,7,9-10H2/t13-,16+/m0/s1. The van der Waals surface area contributed by atoms with E-state index in [2.05, 4.69) is 0 Å². The average Bonchev–Trinajstić information content (AvgIpc) is 3.35. The number of hydrogen-bond donors (Lipinski definition) is 1. The summed E-state index contributed by atoms with van der Waals surface area (Å²) in [4.78, 5) is 27.7. The normalized spacial score (nSPS) is 24.2. The summed E-state index contributed by atoms with van der Waals surface area (Å²) in [5.74, 6) is -1.99. The molecule has 0 bridgehead atoms. The highest BCUT2D eigenvalue weighted by Crippen LogP contribution is 2.42. The molecule has 0 aliphatic carbocycles. The van der Waals surface area contributed by atoms with Gasteiger partial charge in [-0.25, -0.2) is 8.42 Å². The van der Waals surface area contributed by atoms with Gasteiger partial charge in [0.25, 0.3) is 5.91 Å². The Labute approximate surface area is 171 Å². The molecular formula is C19H16ClNO5S2. The maximum absolute atomic E-state index is 13.1. The van der Waals surface area contributed by atoms with E-state index in [4.69, 9.17) is 11.6 Å². The maximum Gasteiger partial charge on any atom is 0.290 e. The largest absolute Gasteiger partial charge is 0.503 e. The second-order valence-corrected chi connectivity index (χ2v) is 10.4. The number of ketones is 1. The summed E-state index contributed by atoms with van der Waals surface area (Å²) in [6.45, 7) is 0. The number of halogens is 1. The van der Waals surface area contributed by atoms with Gasteiger partial charge in [0.1, 0.15) is 0 Å². The van der Waals surface area contributed by atoms with Crippen LogP contribution >= 0.6 is 22.9 Å².